The minimum Gasteiger partial charge on any atom is -0.332 e. The first-order chi connectivity index (χ1) is 11.3. The van der Waals surface area contributed by atoms with Crippen LogP contribution in [0.2, 0.25) is 0 Å². The molecular weight excluding hydrogens is 328 g/mol. The van der Waals surface area contributed by atoms with Gasteiger partial charge in [-0.3, -0.25) is 4.98 Å². The van der Waals surface area contributed by atoms with Crippen LogP contribution in [-0.2, 0) is 10.0 Å². The van der Waals surface area contributed by atoms with Gasteiger partial charge in [0.1, 0.15) is 0 Å². The lowest BCUT2D eigenvalue weighted by Gasteiger charge is -2.18. The smallest absolute Gasteiger partial charge is 0.315 e. The number of aromatic nitrogens is 1. The summed E-state index contributed by atoms with van der Waals surface area (Å²) in [6, 6.07) is 10.7. The predicted octanol–water partition coefficient (Wildman–Crippen LogP) is 1.85. The van der Waals surface area contributed by atoms with Crippen molar-refractivity contribution >= 4 is 16.1 Å². The number of nitrogens with two attached hydrogens (primary N) is 1. The number of nitrogens with zero attached hydrogens (tertiary/aromatic N) is 1. The maximum absolute atomic E-state index is 12.1. The first-order valence-electron chi connectivity index (χ1n) is 7.38. The molecule has 0 fully saturated rings. The van der Waals surface area contributed by atoms with Gasteiger partial charge in [0.15, 0.2) is 0 Å². The monoisotopic (exact) mass is 348 g/mol. The highest BCUT2D eigenvalue weighted by Gasteiger charge is 2.14. The summed E-state index contributed by atoms with van der Waals surface area (Å²) < 4.78 is 22.5. The molecular formula is C16H20N4O3S. The molecule has 0 bridgehead atoms. The third kappa shape index (κ3) is 4.77. The van der Waals surface area contributed by atoms with Crippen molar-refractivity contribution in [1.82, 2.24) is 15.6 Å². The molecule has 7 nitrogen and oxygen atoms in total. The van der Waals surface area contributed by atoms with Crippen molar-refractivity contribution in [3.05, 3.63) is 59.9 Å². The largest absolute Gasteiger partial charge is 0.332 e. The average molecular weight is 348 g/mol. The zero-order chi connectivity index (χ0) is 17.7. The Bertz CT molecular complexity index is 792. The topological polar surface area (TPSA) is 114 Å². The van der Waals surface area contributed by atoms with Crippen LogP contribution in [0.4, 0.5) is 4.79 Å². The van der Waals surface area contributed by atoms with Crippen molar-refractivity contribution in [2.75, 3.05) is 0 Å². The molecule has 0 saturated heterocycles. The van der Waals surface area contributed by atoms with E-state index in [-0.39, 0.29) is 23.0 Å². The first kappa shape index (κ1) is 17.9. The number of primary sulfonamides is 1. The second-order valence-electron chi connectivity index (χ2n) is 5.43. The van der Waals surface area contributed by atoms with E-state index in [9.17, 15) is 13.2 Å². The lowest BCUT2D eigenvalue weighted by Crippen LogP contribution is -2.38. The van der Waals surface area contributed by atoms with E-state index in [1.54, 1.807) is 25.3 Å². The summed E-state index contributed by atoms with van der Waals surface area (Å²) >= 11 is 0. The van der Waals surface area contributed by atoms with Gasteiger partial charge in [0.25, 0.3) is 0 Å². The molecule has 2 atom stereocenters. The molecule has 24 heavy (non-hydrogen) atoms. The van der Waals surface area contributed by atoms with Crippen LogP contribution in [0.5, 0.6) is 0 Å². The molecule has 0 aliphatic carbocycles. The number of benzene rings is 1. The number of hydrogen-bond acceptors (Lipinski definition) is 4. The van der Waals surface area contributed by atoms with E-state index in [0.29, 0.717) is 0 Å². The standard InChI is InChI=1S/C16H20N4O3S/c1-11(13-6-8-14(9-7-13)24(17,22)23)19-16(21)20-12(2)15-5-3-4-10-18-15/h3-12H,1-2H3,(H2,17,22,23)(H2,19,20,21)/t11-,12+/m0/s1. The van der Waals surface area contributed by atoms with Gasteiger partial charge in [-0.05, 0) is 43.7 Å². The molecule has 0 spiro atoms. The van der Waals surface area contributed by atoms with Crippen LogP contribution >= 0.6 is 0 Å². The van der Waals surface area contributed by atoms with Crippen molar-refractivity contribution in [1.29, 1.82) is 0 Å². The summed E-state index contributed by atoms with van der Waals surface area (Å²) in [5.74, 6) is 0. The fourth-order valence-electron chi connectivity index (χ4n) is 2.17. The number of nitrogens with one attached hydrogen (secondary N) is 2. The first-order valence-corrected chi connectivity index (χ1v) is 8.92. The van der Waals surface area contributed by atoms with E-state index >= 15 is 0 Å². The van der Waals surface area contributed by atoms with Crippen LogP contribution in [0.3, 0.4) is 0 Å². The molecule has 0 saturated carbocycles. The van der Waals surface area contributed by atoms with E-state index in [2.05, 4.69) is 15.6 Å². The molecule has 1 aromatic carbocycles. The van der Waals surface area contributed by atoms with Crippen LogP contribution in [-0.4, -0.2) is 19.4 Å². The van der Waals surface area contributed by atoms with Crippen LogP contribution in [0.1, 0.15) is 37.2 Å². The van der Waals surface area contributed by atoms with Gasteiger partial charge in [-0.2, -0.15) is 0 Å². The number of amides is 2. The predicted molar refractivity (Wildman–Crippen MR) is 90.5 cm³/mol. The molecule has 0 aliphatic rings. The Balaban J connectivity index is 1.96. The molecule has 0 aliphatic heterocycles. The Morgan fingerprint density at radius 3 is 2.21 bits per heavy atom. The van der Waals surface area contributed by atoms with Gasteiger partial charge >= 0.3 is 6.03 Å². The normalized spacial score (nSPS) is 13.8. The number of urea groups is 1. The van der Waals surface area contributed by atoms with Crippen LogP contribution in [0, 0.1) is 0 Å². The van der Waals surface area contributed by atoms with Crippen molar-refractivity contribution < 1.29 is 13.2 Å². The average Bonchev–Trinajstić information content (AvgIpc) is 2.54. The van der Waals surface area contributed by atoms with Gasteiger partial charge < -0.3 is 10.6 Å². The molecule has 1 heterocycles. The van der Waals surface area contributed by atoms with E-state index in [4.69, 9.17) is 5.14 Å². The van der Waals surface area contributed by atoms with Gasteiger partial charge in [-0.25, -0.2) is 18.4 Å². The van der Waals surface area contributed by atoms with Gasteiger partial charge in [0.2, 0.25) is 10.0 Å². The number of rotatable bonds is 5. The lowest BCUT2D eigenvalue weighted by molar-refractivity contribution is 0.234. The fraction of sp³-hybridized carbons (Fsp3) is 0.250. The second-order valence-corrected chi connectivity index (χ2v) is 6.99. The summed E-state index contributed by atoms with van der Waals surface area (Å²) in [5.41, 5.74) is 1.53. The van der Waals surface area contributed by atoms with Crippen molar-refractivity contribution in [3.8, 4) is 0 Å². The van der Waals surface area contributed by atoms with Gasteiger partial charge in [-0.15, -0.1) is 0 Å². The second kappa shape index (κ2) is 7.41. The van der Waals surface area contributed by atoms with Gasteiger partial charge in [0, 0.05) is 6.20 Å². The van der Waals surface area contributed by atoms with Gasteiger partial charge in [-0.1, -0.05) is 18.2 Å². The van der Waals surface area contributed by atoms with E-state index in [1.165, 1.54) is 12.1 Å². The Hall–Kier alpha value is -2.45. The molecule has 8 heteroatoms. The molecule has 0 unspecified atom stereocenters. The summed E-state index contributed by atoms with van der Waals surface area (Å²) in [6.07, 6.45) is 1.67. The molecule has 2 rings (SSSR count). The Kier molecular flexibility index (Phi) is 5.53. The minimum absolute atomic E-state index is 0.0340. The Labute approximate surface area is 141 Å². The lowest BCUT2D eigenvalue weighted by atomic mass is 10.1. The summed E-state index contributed by atoms with van der Waals surface area (Å²) in [6.45, 7) is 3.64. The van der Waals surface area contributed by atoms with E-state index < -0.39 is 10.0 Å². The molecule has 0 radical (unpaired) electrons. The fourth-order valence-corrected chi connectivity index (χ4v) is 2.69. The maximum atomic E-state index is 12.1. The van der Waals surface area contributed by atoms with Crippen molar-refractivity contribution in [2.45, 2.75) is 30.8 Å². The summed E-state index contributed by atoms with van der Waals surface area (Å²) in [7, 11) is -3.72. The Morgan fingerprint density at radius 2 is 1.67 bits per heavy atom. The van der Waals surface area contributed by atoms with Crippen LogP contribution < -0.4 is 15.8 Å². The third-order valence-corrected chi connectivity index (χ3v) is 4.46. The van der Waals surface area contributed by atoms with Crippen molar-refractivity contribution in [3.63, 3.8) is 0 Å². The number of carbonyl (C=O) groups is 1. The van der Waals surface area contributed by atoms with Crippen LogP contribution in [0.15, 0.2) is 53.6 Å². The number of hydrogen-bond donors (Lipinski definition) is 3. The van der Waals surface area contributed by atoms with Gasteiger partial charge in [0.05, 0.1) is 22.7 Å². The highest BCUT2D eigenvalue weighted by molar-refractivity contribution is 7.89. The highest BCUT2D eigenvalue weighted by atomic mass is 32.2. The zero-order valence-corrected chi connectivity index (χ0v) is 14.2. The quantitative estimate of drug-likeness (QED) is 0.765. The molecule has 128 valence electrons. The Morgan fingerprint density at radius 1 is 1.04 bits per heavy atom. The maximum Gasteiger partial charge on any atom is 0.315 e. The van der Waals surface area contributed by atoms with Crippen LogP contribution in [0.25, 0.3) is 0 Å². The molecule has 4 N–H and O–H groups in total. The molecule has 2 aromatic rings. The molecule has 2 amide bonds. The van der Waals surface area contributed by atoms with Crippen molar-refractivity contribution in [2.24, 2.45) is 5.14 Å². The highest BCUT2D eigenvalue weighted by Crippen LogP contribution is 2.16. The molecule has 1 aromatic heterocycles. The van der Waals surface area contributed by atoms with E-state index in [0.717, 1.165) is 11.3 Å². The minimum atomic E-state index is -3.72. The SMILES string of the molecule is C[C@H](NC(=O)N[C@H](C)c1ccccn1)c1ccc(S(N)(=O)=O)cc1. The number of pyridine rings is 1. The summed E-state index contributed by atoms with van der Waals surface area (Å²) in [5, 5.41) is 10.7. The number of carbonyl (C=O) groups excluding carboxylic acids is 1. The summed E-state index contributed by atoms with van der Waals surface area (Å²) in [4.78, 5) is 16.3. The third-order valence-electron chi connectivity index (χ3n) is 3.54. The van der Waals surface area contributed by atoms with E-state index in [1.807, 2.05) is 25.1 Å². The zero-order valence-electron chi connectivity index (χ0n) is 13.4. The number of sulfonamides is 1.